The van der Waals surface area contributed by atoms with Crippen molar-refractivity contribution in [3.8, 4) is 5.88 Å². The van der Waals surface area contributed by atoms with Crippen LogP contribution in [0, 0.1) is 0 Å². The van der Waals surface area contributed by atoms with Crippen LogP contribution < -0.4 is 15.4 Å². The molecule has 3 fully saturated rings. The monoisotopic (exact) mass is 370 g/mol. The molecule has 144 valence electrons. The predicted molar refractivity (Wildman–Crippen MR) is 100 cm³/mol. The predicted octanol–water partition coefficient (Wildman–Crippen LogP) is 2.50. The maximum atomic E-state index is 6.09. The van der Waals surface area contributed by atoms with E-state index in [2.05, 4.69) is 30.8 Å². The molecule has 5 rings (SSSR count). The third-order valence-corrected chi connectivity index (χ3v) is 5.81. The Balaban J connectivity index is 1.18. The minimum atomic E-state index is 0.234. The Morgan fingerprint density at radius 1 is 1.07 bits per heavy atom. The number of fused-ring (bicyclic) bond motifs is 2. The Morgan fingerprint density at radius 3 is 2.70 bits per heavy atom. The van der Waals surface area contributed by atoms with Crippen LogP contribution in [0.3, 0.4) is 0 Å². The van der Waals surface area contributed by atoms with Crippen LogP contribution in [-0.4, -0.2) is 51.6 Å². The number of nitrogens with zero attached hydrogens (tertiary/aromatic N) is 3. The van der Waals surface area contributed by atoms with Gasteiger partial charge in [0.1, 0.15) is 11.9 Å². The van der Waals surface area contributed by atoms with Gasteiger partial charge in [-0.2, -0.15) is 5.10 Å². The molecule has 2 aromatic rings. The first-order valence-electron chi connectivity index (χ1n) is 9.96. The number of hydrogen-bond donors (Lipinski definition) is 3. The molecule has 5 heterocycles. The minimum Gasteiger partial charge on any atom is -0.473 e. The quantitative estimate of drug-likeness (QED) is 0.744. The summed E-state index contributed by atoms with van der Waals surface area (Å²) < 4.78 is 11.5. The molecule has 3 aliphatic heterocycles. The second-order valence-corrected chi connectivity index (χ2v) is 7.84. The molecular weight excluding hydrogens is 344 g/mol. The van der Waals surface area contributed by atoms with Crippen LogP contribution in [0.4, 0.5) is 11.6 Å². The van der Waals surface area contributed by atoms with Crippen LogP contribution in [0.25, 0.3) is 0 Å². The third kappa shape index (κ3) is 3.91. The Kier molecular flexibility index (Phi) is 4.67. The lowest BCUT2D eigenvalue weighted by Crippen LogP contribution is -2.51. The van der Waals surface area contributed by atoms with Crippen molar-refractivity contribution in [3.63, 3.8) is 0 Å². The number of aromatic nitrogens is 4. The zero-order chi connectivity index (χ0) is 18.1. The molecule has 8 nitrogen and oxygen atoms in total. The summed E-state index contributed by atoms with van der Waals surface area (Å²) in [7, 11) is 0. The molecule has 0 aliphatic carbocycles. The van der Waals surface area contributed by atoms with Crippen molar-refractivity contribution in [1.29, 1.82) is 0 Å². The van der Waals surface area contributed by atoms with Crippen LogP contribution >= 0.6 is 0 Å². The molecule has 2 unspecified atom stereocenters. The van der Waals surface area contributed by atoms with Crippen LogP contribution in [0.5, 0.6) is 5.88 Å². The highest BCUT2D eigenvalue weighted by Gasteiger charge is 2.32. The average Bonchev–Trinajstić information content (AvgIpc) is 3.35. The Morgan fingerprint density at radius 2 is 1.96 bits per heavy atom. The first kappa shape index (κ1) is 16.9. The summed E-state index contributed by atoms with van der Waals surface area (Å²) in [6.07, 6.45) is 10.6. The van der Waals surface area contributed by atoms with Gasteiger partial charge in [-0.05, 0) is 32.1 Å². The van der Waals surface area contributed by atoms with Gasteiger partial charge in [0.15, 0.2) is 5.82 Å². The molecular formula is C19H26N6O2. The van der Waals surface area contributed by atoms with E-state index in [1.807, 2.05) is 6.07 Å². The fourth-order valence-corrected chi connectivity index (χ4v) is 4.44. The van der Waals surface area contributed by atoms with Crippen LogP contribution in [0.1, 0.15) is 50.1 Å². The van der Waals surface area contributed by atoms with Gasteiger partial charge >= 0.3 is 0 Å². The lowest BCUT2D eigenvalue weighted by molar-refractivity contribution is 0.0886. The van der Waals surface area contributed by atoms with E-state index >= 15 is 0 Å². The Hall–Kier alpha value is -2.19. The SMILES string of the molecule is c1nc(OC2CC3CCCC(C2)N3)cnc1Nc1cc([C@H]2CCOC2)[nH]n1. The highest BCUT2D eigenvalue weighted by Crippen LogP contribution is 2.28. The lowest BCUT2D eigenvalue weighted by Gasteiger charge is -2.39. The van der Waals surface area contributed by atoms with Crippen molar-refractivity contribution in [2.24, 2.45) is 0 Å². The summed E-state index contributed by atoms with van der Waals surface area (Å²) in [6.45, 7) is 1.57. The maximum absolute atomic E-state index is 6.09. The number of ether oxygens (including phenoxy) is 2. The normalized spacial score (nSPS) is 30.2. The van der Waals surface area contributed by atoms with E-state index in [1.165, 1.54) is 19.3 Å². The molecule has 8 heteroatoms. The topological polar surface area (TPSA) is 97.0 Å². The van der Waals surface area contributed by atoms with E-state index in [0.717, 1.165) is 44.0 Å². The van der Waals surface area contributed by atoms with Crippen molar-refractivity contribution in [2.75, 3.05) is 18.5 Å². The second kappa shape index (κ2) is 7.44. The van der Waals surface area contributed by atoms with Crippen molar-refractivity contribution in [2.45, 2.75) is 62.6 Å². The number of anilines is 2. The molecule has 27 heavy (non-hydrogen) atoms. The molecule has 0 saturated carbocycles. The van der Waals surface area contributed by atoms with Crippen molar-refractivity contribution < 1.29 is 9.47 Å². The van der Waals surface area contributed by atoms with E-state index in [1.54, 1.807) is 12.4 Å². The number of nitrogens with one attached hydrogen (secondary N) is 3. The number of rotatable bonds is 5. The Labute approximate surface area is 158 Å². The average molecular weight is 370 g/mol. The lowest BCUT2D eigenvalue weighted by atomic mass is 9.85. The van der Waals surface area contributed by atoms with Crippen LogP contribution in [0.2, 0.25) is 0 Å². The highest BCUT2D eigenvalue weighted by atomic mass is 16.5. The highest BCUT2D eigenvalue weighted by molar-refractivity contribution is 5.51. The van der Waals surface area contributed by atoms with Crippen LogP contribution in [0.15, 0.2) is 18.5 Å². The van der Waals surface area contributed by atoms with Gasteiger partial charge in [0, 0.05) is 36.4 Å². The molecule has 0 radical (unpaired) electrons. The summed E-state index contributed by atoms with van der Waals surface area (Å²) in [5.74, 6) is 2.40. The fourth-order valence-electron chi connectivity index (χ4n) is 4.44. The van der Waals surface area contributed by atoms with E-state index in [9.17, 15) is 0 Å². The smallest absolute Gasteiger partial charge is 0.232 e. The molecule has 0 aromatic carbocycles. The van der Waals surface area contributed by atoms with E-state index in [4.69, 9.17) is 9.47 Å². The largest absolute Gasteiger partial charge is 0.473 e. The molecule has 3 atom stereocenters. The van der Waals surface area contributed by atoms with Crippen molar-refractivity contribution in [3.05, 3.63) is 24.2 Å². The van der Waals surface area contributed by atoms with E-state index < -0.39 is 0 Å². The number of aromatic amines is 1. The van der Waals surface area contributed by atoms with E-state index in [-0.39, 0.29) is 6.10 Å². The molecule has 2 aromatic heterocycles. The number of hydrogen-bond acceptors (Lipinski definition) is 7. The first-order valence-corrected chi connectivity index (χ1v) is 9.96. The first-order chi connectivity index (χ1) is 13.3. The number of piperidine rings is 2. The van der Waals surface area contributed by atoms with Gasteiger partial charge in [0.2, 0.25) is 5.88 Å². The molecule has 0 amide bonds. The van der Waals surface area contributed by atoms with Gasteiger partial charge in [-0.3, -0.25) is 5.10 Å². The maximum Gasteiger partial charge on any atom is 0.232 e. The van der Waals surface area contributed by atoms with Crippen molar-refractivity contribution >= 4 is 11.6 Å². The summed E-state index contributed by atoms with van der Waals surface area (Å²) >= 11 is 0. The van der Waals surface area contributed by atoms with Gasteiger partial charge < -0.3 is 20.1 Å². The van der Waals surface area contributed by atoms with Crippen molar-refractivity contribution in [1.82, 2.24) is 25.5 Å². The van der Waals surface area contributed by atoms with Gasteiger partial charge in [-0.25, -0.2) is 9.97 Å². The zero-order valence-corrected chi connectivity index (χ0v) is 15.4. The van der Waals surface area contributed by atoms with Crippen LogP contribution in [-0.2, 0) is 4.74 Å². The third-order valence-electron chi connectivity index (χ3n) is 5.81. The van der Waals surface area contributed by atoms with Gasteiger partial charge in [-0.15, -0.1) is 0 Å². The Bertz CT molecular complexity index is 746. The molecule has 3 N–H and O–H groups in total. The number of H-pyrrole nitrogens is 1. The molecule has 3 saturated heterocycles. The molecule has 0 spiro atoms. The van der Waals surface area contributed by atoms with E-state index in [0.29, 0.717) is 29.7 Å². The summed E-state index contributed by atoms with van der Waals surface area (Å²) in [6, 6.07) is 3.20. The van der Waals surface area contributed by atoms with Gasteiger partial charge in [0.25, 0.3) is 0 Å². The summed E-state index contributed by atoms with van der Waals surface area (Å²) in [4.78, 5) is 8.85. The fraction of sp³-hybridized carbons (Fsp3) is 0.632. The second-order valence-electron chi connectivity index (χ2n) is 7.84. The molecule has 3 aliphatic rings. The summed E-state index contributed by atoms with van der Waals surface area (Å²) in [5, 5.41) is 14.3. The summed E-state index contributed by atoms with van der Waals surface area (Å²) in [5.41, 5.74) is 1.10. The zero-order valence-electron chi connectivity index (χ0n) is 15.4. The minimum absolute atomic E-state index is 0.234. The van der Waals surface area contributed by atoms with Gasteiger partial charge in [0.05, 0.1) is 19.0 Å². The molecule has 2 bridgehead atoms. The standard InChI is InChI=1S/C19H26N6O2/c1-2-13-6-15(7-14(3-1)22-13)27-19-10-20-18(9-21-19)23-17-8-16(24-25-17)12-4-5-26-11-12/h8-10,12-15,22H,1-7,11H2,(H2,20,23,24,25)/t12-,13?,14?,15?/m0/s1. The van der Waals surface area contributed by atoms with Gasteiger partial charge in [-0.1, -0.05) is 6.42 Å².